The van der Waals surface area contributed by atoms with Crippen LogP contribution in [0.1, 0.15) is 23.6 Å². The molecule has 2 aromatic carbocycles. The topological polar surface area (TPSA) is 87.6 Å². The van der Waals surface area contributed by atoms with E-state index in [0.29, 0.717) is 18.1 Å². The molecule has 0 heterocycles. The van der Waals surface area contributed by atoms with Crippen LogP contribution in [0.4, 0.5) is 0 Å². The summed E-state index contributed by atoms with van der Waals surface area (Å²) in [4.78, 5) is 11.0. The number of benzene rings is 2. The highest BCUT2D eigenvalue weighted by Gasteiger charge is 2.13. The summed E-state index contributed by atoms with van der Waals surface area (Å²) in [5, 5.41) is 0. The molecule has 0 saturated carbocycles. The van der Waals surface area contributed by atoms with Crippen molar-refractivity contribution in [2.75, 3.05) is 7.11 Å². The molecule has 5 heteroatoms. The van der Waals surface area contributed by atoms with Crippen LogP contribution >= 0.6 is 0 Å². The number of hydrogen-bond donors (Lipinski definition) is 2. The summed E-state index contributed by atoms with van der Waals surface area (Å²) in [5.41, 5.74) is 13.0. The Balaban J connectivity index is 2.15. The monoisotopic (exact) mass is 300 g/mol. The fourth-order valence-electron chi connectivity index (χ4n) is 2.11. The van der Waals surface area contributed by atoms with Crippen molar-refractivity contribution in [3.8, 4) is 11.5 Å². The fourth-order valence-corrected chi connectivity index (χ4v) is 2.11. The highest BCUT2D eigenvalue weighted by atomic mass is 16.5. The third kappa shape index (κ3) is 4.23. The maximum atomic E-state index is 11.0. The number of hydrogen-bond acceptors (Lipinski definition) is 4. The Bertz CT molecular complexity index is 629. The van der Waals surface area contributed by atoms with E-state index in [-0.39, 0.29) is 6.42 Å². The molecule has 0 aliphatic rings. The predicted octanol–water partition coefficient (Wildman–Crippen LogP) is 2.15. The lowest BCUT2D eigenvalue weighted by molar-refractivity contribution is -0.118. The molecule has 22 heavy (non-hydrogen) atoms. The van der Waals surface area contributed by atoms with Crippen molar-refractivity contribution in [3.63, 3.8) is 0 Å². The summed E-state index contributed by atoms with van der Waals surface area (Å²) >= 11 is 0. The van der Waals surface area contributed by atoms with Crippen molar-refractivity contribution in [1.29, 1.82) is 0 Å². The largest absolute Gasteiger partial charge is 0.493 e. The van der Waals surface area contributed by atoms with Gasteiger partial charge < -0.3 is 20.9 Å². The van der Waals surface area contributed by atoms with E-state index in [1.807, 2.05) is 36.4 Å². The van der Waals surface area contributed by atoms with Crippen LogP contribution in [0, 0.1) is 0 Å². The molecule has 0 radical (unpaired) electrons. The lowest BCUT2D eigenvalue weighted by Gasteiger charge is -2.15. The third-order valence-corrected chi connectivity index (χ3v) is 3.27. The van der Waals surface area contributed by atoms with Gasteiger partial charge in [0, 0.05) is 12.5 Å². The maximum absolute atomic E-state index is 11.0. The summed E-state index contributed by atoms with van der Waals surface area (Å²) in [7, 11) is 1.58. The Morgan fingerprint density at radius 3 is 2.50 bits per heavy atom. The van der Waals surface area contributed by atoms with Crippen LogP contribution in [-0.2, 0) is 11.4 Å². The van der Waals surface area contributed by atoms with Gasteiger partial charge in [0.1, 0.15) is 6.61 Å². The van der Waals surface area contributed by atoms with Gasteiger partial charge in [-0.05, 0) is 23.3 Å². The first-order chi connectivity index (χ1) is 10.6. The van der Waals surface area contributed by atoms with Crippen LogP contribution in [0.5, 0.6) is 11.5 Å². The molecule has 4 N–H and O–H groups in total. The summed E-state index contributed by atoms with van der Waals surface area (Å²) in [6, 6.07) is 14.7. The minimum absolute atomic E-state index is 0.0878. The van der Waals surface area contributed by atoms with E-state index in [9.17, 15) is 4.79 Å². The summed E-state index contributed by atoms with van der Waals surface area (Å²) in [6.07, 6.45) is 0.0878. The zero-order chi connectivity index (χ0) is 15.9. The highest BCUT2D eigenvalue weighted by molar-refractivity contribution is 5.74. The Hall–Kier alpha value is -2.53. The van der Waals surface area contributed by atoms with Gasteiger partial charge in [-0.3, -0.25) is 4.79 Å². The standard InChI is InChI=1S/C17H20N2O3/c1-21-15-8-7-13(14(18)10-17(19)20)9-16(15)22-11-12-5-3-2-4-6-12/h2-9,14H,10-11,18H2,1H3,(H2,19,20). The van der Waals surface area contributed by atoms with Crippen LogP contribution in [0.2, 0.25) is 0 Å². The second kappa shape index (κ2) is 7.47. The van der Waals surface area contributed by atoms with Crippen molar-refractivity contribution in [3.05, 3.63) is 59.7 Å². The first-order valence-corrected chi connectivity index (χ1v) is 6.98. The number of rotatable bonds is 7. The normalized spacial score (nSPS) is 11.7. The molecule has 0 saturated heterocycles. The molecule has 1 atom stereocenters. The van der Waals surface area contributed by atoms with E-state index in [1.54, 1.807) is 19.2 Å². The van der Waals surface area contributed by atoms with Gasteiger partial charge in [0.15, 0.2) is 11.5 Å². The number of nitrogens with two attached hydrogens (primary N) is 2. The Labute approximate surface area is 129 Å². The van der Waals surface area contributed by atoms with Gasteiger partial charge in [-0.25, -0.2) is 0 Å². The quantitative estimate of drug-likeness (QED) is 0.820. The Kier molecular flexibility index (Phi) is 5.38. The zero-order valence-electron chi connectivity index (χ0n) is 12.5. The molecule has 2 rings (SSSR count). The van der Waals surface area contributed by atoms with Crippen LogP contribution in [-0.4, -0.2) is 13.0 Å². The molecule has 1 amide bonds. The van der Waals surface area contributed by atoms with Crippen molar-refractivity contribution >= 4 is 5.91 Å². The third-order valence-electron chi connectivity index (χ3n) is 3.27. The molecular formula is C17H20N2O3. The number of carbonyl (C=O) groups is 1. The van der Waals surface area contributed by atoms with Gasteiger partial charge in [-0.1, -0.05) is 36.4 Å². The van der Waals surface area contributed by atoms with E-state index >= 15 is 0 Å². The lowest BCUT2D eigenvalue weighted by Crippen LogP contribution is -2.20. The minimum Gasteiger partial charge on any atom is -0.493 e. The fraction of sp³-hybridized carbons (Fsp3) is 0.235. The zero-order valence-corrected chi connectivity index (χ0v) is 12.5. The van der Waals surface area contributed by atoms with Crippen molar-refractivity contribution < 1.29 is 14.3 Å². The van der Waals surface area contributed by atoms with Crippen LogP contribution < -0.4 is 20.9 Å². The lowest BCUT2D eigenvalue weighted by atomic mass is 10.0. The molecule has 0 bridgehead atoms. The van der Waals surface area contributed by atoms with E-state index < -0.39 is 11.9 Å². The second-order valence-corrected chi connectivity index (χ2v) is 4.96. The van der Waals surface area contributed by atoms with Gasteiger partial charge in [0.05, 0.1) is 7.11 Å². The maximum Gasteiger partial charge on any atom is 0.219 e. The molecule has 1 unspecified atom stereocenters. The van der Waals surface area contributed by atoms with Crippen molar-refractivity contribution in [2.45, 2.75) is 19.1 Å². The molecule has 2 aromatic rings. The van der Waals surface area contributed by atoms with Crippen molar-refractivity contribution in [2.24, 2.45) is 11.5 Å². The SMILES string of the molecule is COc1ccc(C(N)CC(N)=O)cc1OCc1ccccc1. The molecule has 0 aliphatic carbocycles. The predicted molar refractivity (Wildman–Crippen MR) is 84.5 cm³/mol. The number of amides is 1. The number of ether oxygens (including phenoxy) is 2. The Morgan fingerprint density at radius 1 is 1.14 bits per heavy atom. The first-order valence-electron chi connectivity index (χ1n) is 6.98. The number of primary amides is 1. The van der Waals surface area contributed by atoms with Crippen LogP contribution in [0.15, 0.2) is 48.5 Å². The summed E-state index contributed by atoms with van der Waals surface area (Å²) in [6.45, 7) is 0.422. The number of carbonyl (C=O) groups excluding carboxylic acids is 1. The van der Waals surface area contributed by atoms with Gasteiger partial charge in [-0.2, -0.15) is 0 Å². The van der Waals surface area contributed by atoms with Crippen LogP contribution in [0.25, 0.3) is 0 Å². The van der Waals surface area contributed by atoms with Crippen molar-refractivity contribution in [1.82, 2.24) is 0 Å². The average molecular weight is 300 g/mol. The van der Waals surface area contributed by atoms with E-state index in [0.717, 1.165) is 11.1 Å². The van der Waals surface area contributed by atoms with Gasteiger partial charge in [0.25, 0.3) is 0 Å². The first kappa shape index (κ1) is 15.9. The number of methoxy groups -OCH3 is 1. The van der Waals surface area contributed by atoms with E-state index in [1.165, 1.54) is 0 Å². The van der Waals surface area contributed by atoms with Crippen LogP contribution in [0.3, 0.4) is 0 Å². The summed E-state index contributed by atoms with van der Waals surface area (Å²) in [5.74, 6) is 0.768. The van der Waals surface area contributed by atoms with Gasteiger partial charge in [0.2, 0.25) is 5.91 Å². The molecule has 5 nitrogen and oxygen atoms in total. The Morgan fingerprint density at radius 2 is 1.86 bits per heavy atom. The second-order valence-electron chi connectivity index (χ2n) is 4.96. The summed E-state index contributed by atoms with van der Waals surface area (Å²) < 4.78 is 11.1. The van der Waals surface area contributed by atoms with Gasteiger partial charge in [-0.15, -0.1) is 0 Å². The van der Waals surface area contributed by atoms with E-state index in [4.69, 9.17) is 20.9 Å². The molecule has 0 aromatic heterocycles. The minimum atomic E-state index is -0.456. The molecule has 116 valence electrons. The smallest absolute Gasteiger partial charge is 0.219 e. The highest BCUT2D eigenvalue weighted by Crippen LogP contribution is 2.31. The molecule has 0 fully saturated rings. The molecule has 0 spiro atoms. The molecule has 0 aliphatic heterocycles. The average Bonchev–Trinajstić information content (AvgIpc) is 2.53. The van der Waals surface area contributed by atoms with E-state index in [2.05, 4.69) is 0 Å². The molecular weight excluding hydrogens is 280 g/mol. The van der Waals surface area contributed by atoms with Gasteiger partial charge >= 0.3 is 0 Å².